The van der Waals surface area contributed by atoms with Crippen LogP contribution in [0.15, 0.2) is 53.5 Å². The van der Waals surface area contributed by atoms with E-state index >= 15 is 0 Å². The summed E-state index contributed by atoms with van der Waals surface area (Å²) in [6, 6.07) is 11.0. The van der Waals surface area contributed by atoms with E-state index in [0.29, 0.717) is 30.3 Å². The van der Waals surface area contributed by atoms with Gasteiger partial charge in [0.25, 0.3) is 0 Å². The molecule has 0 aliphatic heterocycles. The van der Waals surface area contributed by atoms with Crippen molar-refractivity contribution in [1.29, 1.82) is 0 Å². The summed E-state index contributed by atoms with van der Waals surface area (Å²) in [5.74, 6) is 0.211. The zero-order valence-corrected chi connectivity index (χ0v) is 16.1. The lowest BCUT2D eigenvalue weighted by molar-refractivity contribution is -0.137. The van der Waals surface area contributed by atoms with Gasteiger partial charge in [-0.15, -0.1) is 0 Å². The van der Waals surface area contributed by atoms with Crippen LogP contribution in [0.4, 0.5) is 18.9 Å². The number of benzene rings is 2. The molecule has 2 rings (SSSR count). The summed E-state index contributed by atoms with van der Waals surface area (Å²) in [5.41, 5.74) is 0.515. The van der Waals surface area contributed by atoms with Crippen LogP contribution >= 0.6 is 0 Å². The summed E-state index contributed by atoms with van der Waals surface area (Å²) < 4.78 is 38.0. The van der Waals surface area contributed by atoms with Crippen molar-refractivity contribution < 1.29 is 23.1 Å². The number of phenolic OH excluding ortho intramolecular Hbond substituents is 1. The molecule has 0 spiro atoms. The van der Waals surface area contributed by atoms with E-state index in [4.69, 9.17) is 0 Å². The number of anilines is 1. The first-order chi connectivity index (χ1) is 13.7. The van der Waals surface area contributed by atoms with Crippen molar-refractivity contribution in [2.24, 2.45) is 4.99 Å². The molecule has 2 aromatic rings. The largest absolute Gasteiger partial charge is 0.508 e. The van der Waals surface area contributed by atoms with Gasteiger partial charge in [-0.2, -0.15) is 13.2 Å². The molecule has 156 valence electrons. The predicted octanol–water partition coefficient (Wildman–Crippen LogP) is 3.45. The zero-order valence-electron chi connectivity index (χ0n) is 16.1. The number of rotatable bonds is 6. The molecule has 0 aliphatic rings. The van der Waals surface area contributed by atoms with Gasteiger partial charge in [0.2, 0.25) is 5.91 Å². The Hall–Kier alpha value is -3.23. The summed E-state index contributed by atoms with van der Waals surface area (Å²) in [6.07, 6.45) is -4.37. The lowest BCUT2D eigenvalue weighted by Gasteiger charge is -2.22. The van der Waals surface area contributed by atoms with Crippen LogP contribution in [0.3, 0.4) is 0 Å². The molecule has 0 aromatic heterocycles. The highest BCUT2D eigenvalue weighted by molar-refractivity contribution is 5.94. The van der Waals surface area contributed by atoms with E-state index in [1.165, 1.54) is 24.3 Å². The smallest absolute Gasteiger partial charge is 0.416 e. The van der Waals surface area contributed by atoms with Crippen LogP contribution in [-0.2, 0) is 17.5 Å². The first kappa shape index (κ1) is 22.1. The quantitative estimate of drug-likeness (QED) is 0.389. The summed E-state index contributed by atoms with van der Waals surface area (Å²) >= 11 is 0. The van der Waals surface area contributed by atoms with Crippen LogP contribution in [-0.4, -0.2) is 42.0 Å². The lowest BCUT2D eigenvalue weighted by Crippen LogP contribution is -2.39. The first-order valence-corrected chi connectivity index (χ1v) is 8.93. The third kappa shape index (κ3) is 7.02. The standard InChI is InChI=1S/C20H23F3N4O2/c1-3-24-19(25-12-18(29)26-16-8-10-17(28)11-9-16)27(2)13-14-4-6-15(7-5-14)20(21,22)23/h4-11,28H,3,12-13H2,1-2H3,(H,24,25)(H,26,29). The number of halogens is 3. The number of carbonyl (C=O) groups is 1. The fourth-order valence-electron chi connectivity index (χ4n) is 2.51. The molecule has 6 nitrogen and oxygen atoms in total. The van der Waals surface area contributed by atoms with E-state index in [2.05, 4.69) is 15.6 Å². The number of phenols is 1. The Morgan fingerprint density at radius 2 is 1.72 bits per heavy atom. The van der Waals surface area contributed by atoms with Gasteiger partial charge in [0.15, 0.2) is 5.96 Å². The second kappa shape index (κ2) is 9.81. The van der Waals surface area contributed by atoms with Crippen molar-refractivity contribution in [2.45, 2.75) is 19.6 Å². The number of alkyl halides is 3. The molecule has 29 heavy (non-hydrogen) atoms. The van der Waals surface area contributed by atoms with Gasteiger partial charge < -0.3 is 20.6 Å². The average molecular weight is 408 g/mol. The number of hydrogen-bond donors (Lipinski definition) is 3. The van der Waals surface area contributed by atoms with Gasteiger partial charge in [0, 0.05) is 25.8 Å². The number of hydrogen-bond acceptors (Lipinski definition) is 3. The van der Waals surface area contributed by atoms with E-state index < -0.39 is 11.7 Å². The van der Waals surface area contributed by atoms with E-state index in [1.807, 2.05) is 6.92 Å². The van der Waals surface area contributed by atoms with Gasteiger partial charge in [-0.25, -0.2) is 4.99 Å². The van der Waals surface area contributed by atoms with Crippen LogP contribution in [0.5, 0.6) is 5.75 Å². The maximum Gasteiger partial charge on any atom is 0.416 e. The third-order valence-corrected chi connectivity index (χ3v) is 3.92. The molecule has 2 aromatic carbocycles. The van der Waals surface area contributed by atoms with Crippen molar-refractivity contribution in [3.05, 3.63) is 59.7 Å². The van der Waals surface area contributed by atoms with Crippen LogP contribution in [0.1, 0.15) is 18.1 Å². The lowest BCUT2D eigenvalue weighted by atomic mass is 10.1. The molecular weight excluding hydrogens is 385 g/mol. The second-order valence-electron chi connectivity index (χ2n) is 6.32. The van der Waals surface area contributed by atoms with Gasteiger partial charge in [-0.3, -0.25) is 4.79 Å². The topological polar surface area (TPSA) is 77.0 Å². The number of nitrogens with zero attached hydrogens (tertiary/aromatic N) is 2. The molecule has 1 amide bonds. The number of carbonyl (C=O) groups excluding carboxylic acids is 1. The predicted molar refractivity (Wildman–Crippen MR) is 106 cm³/mol. The van der Waals surface area contributed by atoms with Crippen molar-refractivity contribution >= 4 is 17.6 Å². The maximum atomic E-state index is 12.7. The molecule has 9 heteroatoms. The third-order valence-electron chi connectivity index (χ3n) is 3.92. The molecule has 0 atom stereocenters. The molecule has 0 bridgehead atoms. The Morgan fingerprint density at radius 3 is 2.28 bits per heavy atom. The molecule has 0 saturated carbocycles. The average Bonchev–Trinajstić information content (AvgIpc) is 2.66. The maximum absolute atomic E-state index is 12.7. The summed E-state index contributed by atoms with van der Waals surface area (Å²) in [4.78, 5) is 18.1. The number of amides is 1. The molecular formula is C20H23F3N4O2. The van der Waals surface area contributed by atoms with Crippen molar-refractivity contribution in [1.82, 2.24) is 10.2 Å². The summed E-state index contributed by atoms with van der Waals surface area (Å²) in [5, 5.41) is 15.0. The summed E-state index contributed by atoms with van der Waals surface area (Å²) in [6.45, 7) is 2.62. The molecule has 0 saturated heterocycles. The monoisotopic (exact) mass is 408 g/mol. The molecule has 0 unspecified atom stereocenters. The van der Waals surface area contributed by atoms with Crippen LogP contribution < -0.4 is 10.6 Å². The van der Waals surface area contributed by atoms with E-state index in [-0.39, 0.29) is 18.2 Å². The molecule has 3 N–H and O–H groups in total. The van der Waals surface area contributed by atoms with Crippen molar-refractivity contribution in [2.75, 3.05) is 25.5 Å². The molecule has 0 radical (unpaired) electrons. The first-order valence-electron chi connectivity index (χ1n) is 8.93. The van der Waals surface area contributed by atoms with E-state index in [9.17, 15) is 23.1 Å². The number of guanidine groups is 1. The minimum absolute atomic E-state index is 0.0975. The van der Waals surface area contributed by atoms with Gasteiger partial charge >= 0.3 is 6.18 Å². The van der Waals surface area contributed by atoms with Crippen LogP contribution in [0.2, 0.25) is 0 Å². The van der Waals surface area contributed by atoms with Gasteiger partial charge in [-0.05, 0) is 48.9 Å². The van der Waals surface area contributed by atoms with E-state index in [1.54, 1.807) is 24.1 Å². The summed E-state index contributed by atoms with van der Waals surface area (Å²) in [7, 11) is 1.73. The SMILES string of the molecule is CCNC(=NCC(=O)Nc1ccc(O)cc1)N(C)Cc1ccc(C(F)(F)F)cc1. The zero-order chi connectivity index (χ0) is 21.4. The molecule has 0 heterocycles. The van der Waals surface area contributed by atoms with Gasteiger partial charge in [-0.1, -0.05) is 12.1 Å². The second-order valence-corrected chi connectivity index (χ2v) is 6.32. The van der Waals surface area contributed by atoms with Crippen LogP contribution in [0, 0.1) is 0 Å². The number of nitrogens with one attached hydrogen (secondary N) is 2. The Labute approximate surface area is 167 Å². The molecule has 0 fully saturated rings. The van der Waals surface area contributed by atoms with Crippen LogP contribution in [0.25, 0.3) is 0 Å². The van der Waals surface area contributed by atoms with Gasteiger partial charge in [0.1, 0.15) is 12.3 Å². The van der Waals surface area contributed by atoms with Crippen molar-refractivity contribution in [3.8, 4) is 5.75 Å². The highest BCUT2D eigenvalue weighted by Crippen LogP contribution is 2.29. The molecule has 0 aliphatic carbocycles. The number of aromatic hydroxyl groups is 1. The Kier molecular flexibility index (Phi) is 7.46. The highest BCUT2D eigenvalue weighted by Gasteiger charge is 2.29. The number of aliphatic imine (C=N–C) groups is 1. The minimum atomic E-state index is -4.37. The van der Waals surface area contributed by atoms with Gasteiger partial charge in [0.05, 0.1) is 5.56 Å². The highest BCUT2D eigenvalue weighted by atomic mass is 19.4. The Balaban J connectivity index is 1.99. The van der Waals surface area contributed by atoms with E-state index in [0.717, 1.165) is 12.1 Å². The minimum Gasteiger partial charge on any atom is -0.508 e. The Morgan fingerprint density at radius 1 is 1.10 bits per heavy atom. The van der Waals surface area contributed by atoms with Crippen molar-refractivity contribution in [3.63, 3.8) is 0 Å². The Bertz CT molecular complexity index is 834. The fraction of sp³-hybridized carbons (Fsp3) is 0.300. The normalized spacial score (nSPS) is 11.8. The fourth-order valence-corrected chi connectivity index (χ4v) is 2.51.